The van der Waals surface area contributed by atoms with E-state index in [-0.39, 0.29) is 32.8 Å². The summed E-state index contributed by atoms with van der Waals surface area (Å²) in [5.41, 5.74) is 0. The van der Waals surface area contributed by atoms with Crippen LogP contribution in [0.15, 0.2) is 0 Å². The van der Waals surface area contributed by atoms with E-state index in [1.165, 1.54) is 0 Å². The van der Waals surface area contributed by atoms with E-state index in [2.05, 4.69) is 0 Å². The summed E-state index contributed by atoms with van der Waals surface area (Å²) in [4.78, 5) is 8.56. The zero-order chi connectivity index (χ0) is 3.58. The van der Waals surface area contributed by atoms with Gasteiger partial charge in [0.1, 0.15) is 0 Å². The monoisotopic (exact) mass is 286 g/mol. The molecule has 0 aromatic rings. The number of hydrogen-bond donors (Lipinski definition) is 2. The fourth-order valence-electron chi connectivity index (χ4n) is 0. The molecule has 0 aromatic carbocycles. The first-order chi connectivity index (χ1) is 1.73. The van der Waals surface area contributed by atoms with E-state index in [4.69, 9.17) is 15.0 Å². The summed E-state index contributed by atoms with van der Waals surface area (Å²) in [5, 5.41) is 13.9. The summed E-state index contributed by atoms with van der Waals surface area (Å²) >= 11 is 0. The van der Waals surface area contributed by atoms with Gasteiger partial charge in [0.25, 0.3) is 0 Å². The zero-order valence-electron chi connectivity index (χ0n) is 2.71. The molecule has 0 rings (SSSR count). The Balaban J connectivity index is -0.0000000450. The van der Waals surface area contributed by atoms with Crippen LogP contribution in [-0.4, -0.2) is 43.7 Å². The molecule has 0 bridgehead atoms. The van der Waals surface area contributed by atoms with Crippen LogP contribution in [0.25, 0.3) is 0 Å². The first-order valence-corrected chi connectivity index (χ1v) is 0.651. The Morgan fingerprint density at radius 2 is 1.33 bits per heavy atom. The molecule has 0 aliphatic rings. The van der Waals surface area contributed by atoms with Gasteiger partial charge < -0.3 is 15.7 Å². The molecular weight excluding hydrogens is 283 g/mol. The molecule has 0 unspecified atom stereocenters. The van der Waals surface area contributed by atoms with Crippen molar-refractivity contribution in [3.63, 3.8) is 0 Å². The molecule has 5 heteroatoms. The maximum Gasteiger partial charge on any atom is 2.00 e. The van der Waals surface area contributed by atoms with E-state index in [0.717, 1.165) is 0 Å². The van der Waals surface area contributed by atoms with E-state index in [1.807, 2.05) is 0 Å². The summed E-state index contributed by atoms with van der Waals surface area (Å²) in [6.07, 6.45) is -1.83. The Morgan fingerprint density at radius 3 is 1.33 bits per heavy atom. The van der Waals surface area contributed by atoms with Crippen molar-refractivity contribution >= 4 is 33.5 Å². The molecule has 2 N–H and O–H groups in total. The molecule has 0 aromatic heterocycles. The minimum atomic E-state index is -1.83. The molecule has 0 fully saturated rings. The normalized spacial score (nSPS) is 4.00. The van der Waals surface area contributed by atoms with Gasteiger partial charge in [0.2, 0.25) is 0 Å². The van der Waals surface area contributed by atoms with Crippen LogP contribution in [0.3, 0.4) is 0 Å². The van der Waals surface area contributed by atoms with Crippen molar-refractivity contribution in [1.29, 1.82) is 0 Å². The minimum Gasteiger partial charge on any atom is -2.00 e. The first-order valence-electron chi connectivity index (χ1n) is 0.651. The number of carboxylic acid groups (broad SMARTS) is 2. The molecule has 2 radical (unpaired) electrons. The fraction of sp³-hybridized carbons (Fsp3) is 0. The maximum absolute atomic E-state index is 8.56. The second-order valence-electron chi connectivity index (χ2n) is 0.283. The van der Waals surface area contributed by atoms with Crippen molar-refractivity contribution in [2.45, 2.75) is 0 Å². The van der Waals surface area contributed by atoms with Crippen LogP contribution in [0.4, 0.5) is 4.79 Å². The fourth-order valence-corrected chi connectivity index (χ4v) is 0. The van der Waals surface area contributed by atoms with Gasteiger partial charge >= 0.3 is 33.5 Å². The van der Waals surface area contributed by atoms with Crippen molar-refractivity contribution in [3.05, 3.63) is 0 Å². The predicted molar refractivity (Wildman–Crippen MR) is 17.1 cm³/mol. The Bertz CT molecular complexity index is 30.5. The van der Waals surface area contributed by atoms with Gasteiger partial charge in [-0.15, -0.1) is 0 Å². The predicted octanol–water partition coefficient (Wildman–Crippen LogP) is -0.277. The van der Waals surface area contributed by atoms with E-state index >= 15 is 0 Å². The van der Waals surface area contributed by atoms with Crippen molar-refractivity contribution < 1.29 is 20.5 Å². The molecule has 0 atom stereocenters. The van der Waals surface area contributed by atoms with Crippen LogP contribution in [-0.2, 0) is 5.48 Å². The first kappa shape index (κ1) is 16.4. The Labute approximate surface area is 54.3 Å². The van der Waals surface area contributed by atoms with Gasteiger partial charge in [-0.05, 0) is 0 Å². The Kier molecular flexibility index (Phi) is 24.5. The van der Waals surface area contributed by atoms with Gasteiger partial charge in [-0.1, -0.05) is 0 Å². The largest absolute Gasteiger partial charge is 2.00 e. The Morgan fingerprint density at radius 1 is 1.33 bits per heavy atom. The van der Waals surface area contributed by atoms with Crippen molar-refractivity contribution in [2.24, 2.45) is 0 Å². The van der Waals surface area contributed by atoms with E-state index in [9.17, 15) is 0 Å². The second kappa shape index (κ2) is 8.94. The molecule has 0 saturated heterocycles. The summed E-state index contributed by atoms with van der Waals surface area (Å²) in [7, 11) is 0. The Hall–Kier alpha value is 0.152. The van der Waals surface area contributed by atoms with Gasteiger partial charge in [0.15, 0.2) is 0 Å². The molecule has 0 saturated carbocycles. The average molecular weight is 285 g/mol. The maximum atomic E-state index is 8.56. The summed E-state index contributed by atoms with van der Waals surface area (Å²) in [5.74, 6) is 0. The smallest absolute Gasteiger partial charge is 2.00 e. The van der Waals surface area contributed by atoms with Crippen molar-refractivity contribution in [3.8, 4) is 0 Å². The number of hydrogen-bond acceptors (Lipinski definition) is 1. The molecular formula is CH2O4Pb. The molecule has 34 valence electrons. The summed E-state index contributed by atoms with van der Waals surface area (Å²) in [6.45, 7) is 0. The van der Waals surface area contributed by atoms with E-state index in [0.29, 0.717) is 0 Å². The van der Waals surface area contributed by atoms with Crippen molar-refractivity contribution in [1.82, 2.24) is 0 Å². The van der Waals surface area contributed by atoms with Crippen LogP contribution in [0.5, 0.6) is 0 Å². The summed E-state index contributed by atoms with van der Waals surface area (Å²) < 4.78 is 0. The van der Waals surface area contributed by atoms with Crippen LogP contribution in [0, 0.1) is 0 Å². The van der Waals surface area contributed by atoms with Crippen LogP contribution < -0.4 is 0 Å². The third kappa shape index (κ3) is 1780. The van der Waals surface area contributed by atoms with Crippen LogP contribution in [0.1, 0.15) is 0 Å². The van der Waals surface area contributed by atoms with Gasteiger partial charge in [0, 0.05) is 0 Å². The molecule has 4 nitrogen and oxygen atoms in total. The van der Waals surface area contributed by atoms with E-state index < -0.39 is 6.16 Å². The minimum absolute atomic E-state index is 0. The molecule has 0 aliphatic carbocycles. The van der Waals surface area contributed by atoms with Gasteiger partial charge in [-0.3, -0.25) is 0 Å². The van der Waals surface area contributed by atoms with Gasteiger partial charge in [-0.25, -0.2) is 4.79 Å². The third-order valence-corrected chi connectivity index (χ3v) is 0. The second-order valence-corrected chi connectivity index (χ2v) is 0.283. The molecule has 0 amide bonds. The van der Waals surface area contributed by atoms with Crippen LogP contribution >= 0.6 is 0 Å². The molecule has 6 heavy (non-hydrogen) atoms. The molecule has 0 aliphatic heterocycles. The average Bonchev–Trinajstić information content (AvgIpc) is 0.811. The van der Waals surface area contributed by atoms with Gasteiger partial charge in [0.05, 0.1) is 0 Å². The number of carbonyl (C=O) groups is 1. The van der Waals surface area contributed by atoms with Crippen LogP contribution in [0.2, 0.25) is 0 Å². The zero-order valence-corrected chi connectivity index (χ0v) is 6.60. The molecule has 0 heterocycles. The summed E-state index contributed by atoms with van der Waals surface area (Å²) in [6, 6.07) is 0. The SMILES string of the molecule is O=C(O)O.[O-2].[Pb+2]. The van der Waals surface area contributed by atoms with Gasteiger partial charge in [-0.2, -0.15) is 0 Å². The molecule has 0 spiro atoms. The number of rotatable bonds is 0. The topological polar surface area (TPSA) is 86.0 Å². The standard InChI is InChI=1S/CH2O3.O.Pb/c2-1(3)4;;/h(H2,2,3,4);;/q;-2;+2. The van der Waals surface area contributed by atoms with Crippen molar-refractivity contribution in [2.75, 3.05) is 0 Å². The quantitative estimate of drug-likeness (QED) is 0.600. The third-order valence-electron chi connectivity index (χ3n) is 0. The van der Waals surface area contributed by atoms with E-state index in [1.54, 1.807) is 0 Å².